The number of methoxy groups -OCH3 is 1. The van der Waals surface area contributed by atoms with Crippen LogP contribution in [0.3, 0.4) is 0 Å². The Labute approximate surface area is 137 Å². The Morgan fingerprint density at radius 3 is 1.83 bits per heavy atom. The molecule has 2 aliphatic heterocycles. The van der Waals surface area contributed by atoms with Crippen molar-refractivity contribution in [1.29, 1.82) is 0 Å². The topological polar surface area (TPSA) is 179 Å². The molecule has 2 rings (SSSR count). The van der Waals surface area contributed by atoms with E-state index in [1.807, 2.05) is 0 Å². The first-order valence-electron chi connectivity index (χ1n) is 7.46. The molecule has 0 radical (unpaired) electrons. The number of ether oxygens (including phenoxy) is 4. The van der Waals surface area contributed by atoms with Gasteiger partial charge in [0.1, 0.15) is 48.8 Å². The van der Waals surface area contributed by atoms with Crippen LogP contribution in [0.25, 0.3) is 0 Å². The Hall–Kier alpha value is -0.440. The largest absolute Gasteiger partial charge is 0.394 e. The maximum absolute atomic E-state index is 10.1. The summed E-state index contributed by atoms with van der Waals surface area (Å²) < 4.78 is 20.6. The molecule has 2 heterocycles. The molecule has 7 N–H and O–H groups in total. The van der Waals surface area contributed by atoms with E-state index in [1.165, 1.54) is 7.11 Å². The number of aliphatic hydroxyl groups excluding tert-OH is 7. The van der Waals surface area contributed by atoms with Crippen molar-refractivity contribution in [2.24, 2.45) is 0 Å². The maximum Gasteiger partial charge on any atom is 0.187 e. The van der Waals surface area contributed by atoms with Gasteiger partial charge in [-0.25, -0.2) is 0 Å². The predicted molar refractivity (Wildman–Crippen MR) is 73.4 cm³/mol. The first-order valence-corrected chi connectivity index (χ1v) is 7.46. The third kappa shape index (κ3) is 3.71. The summed E-state index contributed by atoms with van der Waals surface area (Å²) in [7, 11) is 1.27. The average molecular weight is 356 g/mol. The van der Waals surface area contributed by atoms with Gasteiger partial charge >= 0.3 is 0 Å². The summed E-state index contributed by atoms with van der Waals surface area (Å²) in [6.45, 7) is -1.18. The molecule has 0 aromatic rings. The van der Waals surface area contributed by atoms with Gasteiger partial charge in [0.15, 0.2) is 12.6 Å². The summed E-state index contributed by atoms with van der Waals surface area (Å²) in [5.41, 5.74) is 0. The fourth-order valence-electron chi connectivity index (χ4n) is 2.85. The normalized spacial score (nSPS) is 50.0. The molecule has 0 amide bonds. The van der Waals surface area contributed by atoms with Crippen LogP contribution in [-0.4, -0.2) is 117 Å². The van der Waals surface area contributed by atoms with Gasteiger partial charge in [-0.15, -0.1) is 0 Å². The molecule has 11 nitrogen and oxygen atoms in total. The number of aliphatic hydroxyl groups is 7. The van der Waals surface area contributed by atoms with E-state index in [0.29, 0.717) is 0 Å². The lowest BCUT2D eigenvalue weighted by molar-refractivity contribution is -0.356. The molecule has 0 aromatic heterocycles. The van der Waals surface area contributed by atoms with Gasteiger partial charge in [0.05, 0.1) is 13.2 Å². The molecule has 2 saturated heterocycles. The van der Waals surface area contributed by atoms with Crippen molar-refractivity contribution in [1.82, 2.24) is 0 Å². The third-order valence-electron chi connectivity index (χ3n) is 4.22. The van der Waals surface area contributed by atoms with Crippen LogP contribution < -0.4 is 0 Å². The van der Waals surface area contributed by atoms with Crippen LogP contribution in [0.2, 0.25) is 0 Å². The summed E-state index contributed by atoms with van der Waals surface area (Å²) in [4.78, 5) is 0. The SMILES string of the molecule is CO[C@H]1[C@H](O)[C@@H](O)[C@@H](O[C@H]2[C@H](O)[C@@H](O)C(O)O[C@@H]2CO)O[C@@H]1CO. The standard InChI is InChI=1S/C13H24O11/c1-21-10-4(2-14)23-13(9(19)7(10)17)24-11-5(3-15)22-12(20)8(18)6(11)16/h4-20H,2-3H2,1H3/t4-,5-,6-,7-,8-,9-,10-,11-,12?,13-/m1/s1. The van der Waals surface area contributed by atoms with Gasteiger partial charge in [-0.3, -0.25) is 0 Å². The third-order valence-corrected chi connectivity index (χ3v) is 4.22. The van der Waals surface area contributed by atoms with Gasteiger partial charge < -0.3 is 54.7 Å². The van der Waals surface area contributed by atoms with Crippen molar-refractivity contribution in [2.45, 2.75) is 61.4 Å². The van der Waals surface area contributed by atoms with Crippen molar-refractivity contribution in [3.8, 4) is 0 Å². The highest BCUT2D eigenvalue weighted by molar-refractivity contribution is 4.94. The lowest BCUT2D eigenvalue weighted by Crippen LogP contribution is -2.64. The second-order valence-corrected chi connectivity index (χ2v) is 5.74. The predicted octanol–water partition coefficient (Wildman–Crippen LogP) is -4.74. The minimum atomic E-state index is -1.72. The van der Waals surface area contributed by atoms with Gasteiger partial charge in [0.2, 0.25) is 0 Å². The van der Waals surface area contributed by atoms with Crippen LogP contribution >= 0.6 is 0 Å². The maximum atomic E-state index is 10.1. The van der Waals surface area contributed by atoms with Gasteiger partial charge in [0.25, 0.3) is 0 Å². The molecule has 0 aliphatic carbocycles. The van der Waals surface area contributed by atoms with E-state index in [1.54, 1.807) is 0 Å². The highest BCUT2D eigenvalue weighted by Gasteiger charge is 2.50. The van der Waals surface area contributed by atoms with Crippen molar-refractivity contribution in [2.75, 3.05) is 20.3 Å². The van der Waals surface area contributed by atoms with Crippen LogP contribution in [0.1, 0.15) is 0 Å². The molecule has 0 aromatic carbocycles. The Balaban J connectivity index is 2.12. The first-order chi connectivity index (χ1) is 11.3. The summed E-state index contributed by atoms with van der Waals surface area (Å²) in [6.07, 6.45) is -14.2. The minimum Gasteiger partial charge on any atom is -0.394 e. The molecule has 24 heavy (non-hydrogen) atoms. The molecule has 1 unspecified atom stereocenters. The zero-order valence-electron chi connectivity index (χ0n) is 13.0. The van der Waals surface area contributed by atoms with Crippen LogP contribution in [0, 0.1) is 0 Å². The fraction of sp³-hybridized carbons (Fsp3) is 1.00. The first kappa shape index (κ1) is 19.9. The van der Waals surface area contributed by atoms with Crippen molar-refractivity contribution in [3.63, 3.8) is 0 Å². The minimum absolute atomic E-state index is 0.531. The number of rotatable bonds is 5. The quantitative estimate of drug-likeness (QED) is 0.251. The van der Waals surface area contributed by atoms with E-state index in [2.05, 4.69) is 0 Å². The van der Waals surface area contributed by atoms with Gasteiger partial charge in [0, 0.05) is 7.11 Å². The average Bonchev–Trinajstić information content (AvgIpc) is 2.58. The van der Waals surface area contributed by atoms with Crippen LogP contribution in [0.4, 0.5) is 0 Å². The summed E-state index contributed by atoms with van der Waals surface area (Å²) in [5.74, 6) is 0. The van der Waals surface area contributed by atoms with Crippen molar-refractivity contribution < 1.29 is 54.7 Å². The van der Waals surface area contributed by atoms with Gasteiger partial charge in [-0.2, -0.15) is 0 Å². The van der Waals surface area contributed by atoms with E-state index in [4.69, 9.17) is 18.9 Å². The van der Waals surface area contributed by atoms with Crippen molar-refractivity contribution >= 4 is 0 Å². The summed E-state index contributed by atoms with van der Waals surface area (Å²) in [6, 6.07) is 0. The van der Waals surface area contributed by atoms with E-state index in [9.17, 15) is 35.7 Å². The Bertz CT molecular complexity index is 392. The van der Waals surface area contributed by atoms with E-state index >= 15 is 0 Å². The van der Waals surface area contributed by atoms with E-state index in [-0.39, 0.29) is 0 Å². The summed E-state index contributed by atoms with van der Waals surface area (Å²) >= 11 is 0. The lowest BCUT2D eigenvalue weighted by Gasteiger charge is -2.45. The highest BCUT2D eigenvalue weighted by atomic mass is 16.7. The fourth-order valence-corrected chi connectivity index (χ4v) is 2.85. The molecular formula is C13H24O11. The number of hydrogen-bond acceptors (Lipinski definition) is 11. The Kier molecular flexibility index (Phi) is 6.87. The molecule has 10 atom stereocenters. The monoisotopic (exact) mass is 356 g/mol. The second kappa shape index (κ2) is 8.29. The molecule has 0 spiro atoms. The van der Waals surface area contributed by atoms with E-state index < -0.39 is 74.6 Å². The molecule has 11 heteroatoms. The smallest absolute Gasteiger partial charge is 0.187 e. The Morgan fingerprint density at radius 2 is 1.29 bits per heavy atom. The van der Waals surface area contributed by atoms with Crippen molar-refractivity contribution in [3.05, 3.63) is 0 Å². The lowest BCUT2D eigenvalue weighted by atomic mass is 9.97. The summed E-state index contributed by atoms with van der Waals surface area (Å²) in [5, 5.41) is 67.8. The highest BCUT2D eigenvalue weighted by Crippen LogP contribution is 2.29. The van der Waals surface area contributed by atoms with Crippen LogP contribution in [-0.2, 0) is 18.9 Å². The Morgan fingerprint density at radius 1 is 0.750 bits per heavy atom. The molecule has 0 bridgehead atoms. The molecule has 2 aliphatic rings. The zero-order chi connectivity index (χ0) is 18.0. The molecule has 2 fully saturated rings. The zero-order valence-corrected chi connectivity index (χ0v) is 13.0. The molecular weight excluding hydrogens is 332 g/mol. The second-order valence-electron chi connectivity index (χ2n) is 5.74. The van der Waals surface area contributed by atoms with Crippen LogP contribution in [0.15, 0.2) is 0 Å². The van der Waals surface area contributed by atoms with Crippen LogP contribution in [0.5, 0.6) is 0 Å². The van der Waals surface area contributed by atoms with Gasteiger partial charge in [-0.1, -0.05) is 0 Å². The van der Waals surface area contributed by atoms with Gasteiger partial charge in [-0.05, 0) is 0 Å². The van der Waals surface area contributed by atoms with E-state index in [0.717, 1.165) is 0 Å². The molecule has 0 saturated carbocycles. The molecule has 142 valence electrons. The number of hydrogen-bond donors (Lipinski definition) is 7.